The van der Waals surface area contributed by atoms with E-state index in [1.54, 1.807) is 0 Å². The van der Waals surface area contributed by atoms with Crippen molar-refractivity contribution in [1.82, 2.24) is 15.3 Å². The van der Waals surface area contributed by atoms with Gasteiger partial charge in [0.2, 0.25) is 5.91 Å². The van der Waals surface area contributed by atoms with E-state index in [-0.39, 0.29) is 18.2 Å². The summed E-state index contributed by atoms with van der Waals surface area (Å²) in [5, 5.41) is 13.4. The van der Waals surface area contributed by atoms with Gasteiger partial charge in [-0.25, -0.2) is 4.79 Å². The number of nitrogens with one attached hydrogen (secondary N) is 2. The standard InChI is InChI=1S/C24H24N4O4/c29-22(26-20(23(30)31)13-16-14-25-18-6-2-1-5-17(16)18)15-9-11-28(12-10-15)24-27-19-7-3-4-8-21(19)32-24/h1-8,14-15,20,25H,9-13H2,(H,26,29)(H,30,31)/t20-/m1/s1. The molecule has 32 heavy (non-hydrogen) atoms. The van der Waals surface area contributed by atoms with Gasteiger partial charge in [0.05, 0.1) is 0 Å². The van der Waals surface area contributed by atoms with E-state index >= 15 is 0 Å². The van der Waals surface area contributed by atoms with Gasteiger partial charge in [-0.1, -0.05) is 30.3 Å². The molecule has 8 heteroatoms. The van der Waals surface area contributed by atoms with E-state index in [1.165, 1.54) is 0 Å². The number of oxazole rings is 1. The summed E-state index contributed by atoms with van der Waals surface area (Å²) in [6.45, 7) is 1.26. The second-order valence-electron chi connectivity index (χ2n) is 8.19. The molecule has 0 radical (unpaired) electrons. The summed E-state index contributed by atoms with van der Waals surface area (Å²) in [5.74, 6) is -1.48. The molecule has 5 rings (SSSR count). The molecule has 1 atom stereocenters. The number of nitrogens with zero attached hydrogens (tertiary/aromatic N) is 2. The van der Waals surface area contributed by atoms with E-state index in [0.717, 1.165) is 27.6 Å². The lowest BCUT2D eigenvalue weighted by atomic mass is 9.95. The zero-order valence-corrected chi connectivity index (χ0v) is 17.5. The Balaban J connectivity index is 1.21. The van der Waals surface area contributed by atoms with E-state index in [9.17, 15) is 14.7 Å². The first-order valence-corrected chi connectivity index (χ1v) is 10.8. The van der Waals surface area contributed by atoms with Crippen molar-refractivity contribution >= 4 is 39.9 Å². The summed E-state index contributed by atoms with van der Waals surface area (Å²) in [5.41, 5.74) is 3.37. The van der Waals surface area contributed by atoms with E-state index in [4.69, 9.17) is 4.42 Å². The fraction of sp³-hybridized carbons (Fsp3) is 0.292. The number of aromatic amines is 1. The number of benzene rings is 2. The number of carbonyl (C=O) groups excluding carboxylic acids is 1. The maximum atomic E-state index is 12.8. The number of amides is 1. The third-order valence-corrected chi connectivity index (χ3v) is 6.13. The van der Waals surface area contributed by atoms with Crippen LogP contribution in [-0.4, -0.2) is 46.1 Å². The second kappa shape index (κ2) is 8.37. The number of para-hydroxylation sites is 3. The molecule has 0 unspecified atom stereocenters. The first-order valence-electron chi connectivity index (χ1n) is 10.8. The van der Waals surface area contributed by atoms with Gasteiger partial charge < -0.3 is 24.7 Å². The van der Waals surface area contributed by atoms with Crippen LogP contribution < -0.4 is 10.2 Å². The number of hydrogen-bond donors (Lipinski definition) is 3. The molecule has 164 valence electrons. The number of hydrogen-bond acceptors (Lipinski definition) is 5. The van der Waals surface area contributed by atoms with E-state index < -0.39 is 12.0 Å². The topological polar surface area (TPSA) is 111 Å². The summed E-state index contributed by atoms with van der Waals surface area (Å²) in [6.07, 6.45) is 3.27. The average molecular weight is 432 g/mol. The van der Waals surface area contributed by atoms with Crippen LogP contribution >= 0.6 is 0 Å². The Bertz CT molecular complexity index is 1240. The normalized spacial score (nSPS) is 15.8. The monoisotopic (exact) mass is 432 g/mol. The van der Waals surface area contributed by atoms with Gasteiger partial charge in [-0.3, -0.25) is 4.79 Å². The lowest BCUT2D eigenvalue weighted by molar-refractivity contribution is -0.142. The smallest absolute Gasteiger partial charge is 0.326 e. The lowest BCUT2D eigenvalue weighted by Gasteiger charge is -2.30. The average Bonchev–Trinajstić information content (AvgIpc) is 3.43. The predicted molar refractivity (Wildman–Crippen MR) is 121 cm³/mol. The zero-order chi connectivity index (χ0) is 22.1. The van der Waals surface area contributed by atoms with Crippen molar-refractivity contribution in [2.75, 3.05) is 18.0 Å². The highest BCUT2D eigenvalue weighted by Gasteiger charge is 2.30. The fourth-order valence-corrected chi connectivity index (χ4v) is 4.34. The van der Waals surface area contributed by atoms with Gasteiger partial charge in [-0.15, -0.1) is 0 Å². The quantitative estimate of drug-likeness (QED) is 0.431. The van der Waals surface area contributed by atoms with Crippen LogP contribution in [0.25, 0.3) is 22.0 Å². The maximum absolute atomic E-state index is 12.8. The zero-order valence-electron chi connectivity index (χ0n) is 17.5. The minimum atomic E-state index is -1.03. The number of H-pyrrole nitrogens is 1. The molecule has 3 heterocycles. The number of aromatic nitrogens is 2. The Morgan fingerprint density at radius 3 is 2.69 bits per heavy atom. The van der Waals surface area contributed by atoms with Crippen molar-refractivity contribution in [1.29, 1.82) is 0 Å². The molecule has 0 bridgehead atoms. The first-order chi connectivity index (χ1) is 15.6. The number of carboxylic acids is 1. The Labute approximate surface area is 184 Å². The van der Waals surface area contributed by atoms with Gasteiger partial charge >= 0.3 is 5.97 Å². The minimum Gasteiger partial charge on any atom is -0.480 e. The molecule has 1 saturated heterocycles. The second-order valence-corrected chi connectivity index (χ2v) is 8.19. The van der Waals surface area contributed by atoms with Gasteiger partial charge in [0.15, 0.2) is 5.58 Å². The Kier molecular flexibility index (Phi) is 5.26. The Hall–Kier alpha value is -3.81. The number of piperidine rings is 1. The van der Waals surface area contributed by atoms with Crippen molar-refractivity contribution < 1.29 is 19.1 Å². The molecule has 2 aromatic heterocycles. The number of aliphatic carboxylic acids is 1. The van der Waals surface area contributed by atoms with Gasteiger partial charge in [-0.05, 0) is 36.6 Å². The molecule has 0 aliphatic carbocycles. The Morgan fingerprint density at radius 1 is 1.16 bits per heavy atom. The molecule has 1 aliphatic rings. The molecule has 2 aromatic carbocycles. The molecule has 1 fully saturated rings. The number of anilines is 1. The fourth-order valence-electron chi connectivity index (χ4n) is 4.34. The van der Waals surface area contributed by atoms with Crippen LogP contribution in [0.2, 0.25) is 0 Å². The molecule has 3 N–H and O–H groups in total. The summed E-state index contributed by atoms with van der Waals surface area (Å²) < 4.78 is 5.83. The molecule has 0 spiro atoms. The van der Waals surface area contributed by atoms with Gasteiger partial charge in [0.25, 0.3) is 6.01 Å². The van der Waals surface area contributed by atoms with Gasteiger partial charge in [0.1, 0.15) is 11.6 Å². The van der Waals surface area contributed by atoms with E-state index in [0.29, 0.717) is 31.9 Å². The highest BCUT2D eigenvalue weighted by atomic mass is 16.4. The van der Waals surface area contributed by atoms with Crippen LogP contribution in [0.3, 0.4) is 0 Å². The third kappa shape index (κ3) is 3.91. The number of carbonyl (C=O) groups is 2. The predicted octanol–water partition coefficient (Wildman–Crippen LogP) is 3.34. The summed E-state index contributed by atoms with van der Waals surface area (Å²) in [6, 6.07) is 14.9. The molecule has 8 nitrogen and oxygen atoms in total. The third-order valence-electron chi connectivity index (χ3n) is 6.13. The van der Waals surface area contributed by atoms with Crippen LogP contribution in [0.1, 0.15) is 18.4 Å². The van der Waals surface area contributed by atoms with E-state index in [2.05, 4.69) is 15.3 Å². The lowest BCUT2D eigenvalue weighted by Crippen LogP contribution is -2.47. The van der Waals surface area contributed by atoms with Crippen LogP contribution in [0.15, 0.2) is 59.1 Å². The molecular weight excluding hydrogens is 408 g/mol. The summed E-state index contributed by atoms with van der Waals surface area (Å²) >= 11 is 0. The van der Waals surface area contributed by atoms with Crippen molar-refractivity contribution in [3.63, 3.8) is 0 Å². The molecular formula is C24H24N4O4. The summed E-state index contributed by atoms with van der Waals surface area (Å²) in [4.78, 5) is 34.4. The van der Waals surface area contributed by atoms with Crippen LogP contribution in [0.4, 0.5) is 6.01 Å². The number of rotatable bonds is 6. The number of carboxylic acid groups (broad SMARTS) is 1. The van der Waals surface area contributed by atoms with Crippen LogP contribution in [0, 0.1) is 5.92 Å². The van der Waals surface area contributed by atoms with Crippen molar-refractivity contribution in [3.05, 3.63) is 60.3 Å². The molecule has 1 aliphatic heterocycles. The Morgan fingerprint density at radius 2 is 1.91 bits per heavy atom. The first kappa shape index (κ1) is 20.1. The van der Waals surface area contributed by atoms with Crippen LogP contribution in [-0.2, 0) is 16.0 Å². The minimum absolute atomic E-state index is 0.213. The number of fused-ring (bicyclic) bond motifs is 2. The largest absolute Gasteiger partial charge is 0.480 e. The van der Waals surface area contributed by atoms with Gasteiger partial charge in [0, 0.05) is 42.5 Å². The SMILES string of the molecule is O=C(N[C@H](Cc1c[nH]c2ccccc12)C(=O)O)C1CCN(c2nc3ccccc3o2)CC1. The highest BCUT2D eigenvalue weighted by molar-refractivity contribution is 5.87. The molecule has 1 amide bonds. The van der Waals surface area contributed by atoms with Crippen molar-refractivity contribution in [3.8, 4) is 0 Å². The van der Waals surface area contributed by atoms with Crippen molar-refractivity contribution in [2.45, 2.75) is 25.3 Å². The van der Waals surface area contributed by atoms with E-state index in [1.807, 2.05) is 59.6 Å². The molecule has 0 saturated carbocycles. The highest BCUT2D eigenvalue weighted by Crippen LogP contribution is 2.26. The van der Waals surface area contributed by atoms with Crippen molar-refractivity contribution in [2.24, 2.45) is 5.92 Å². The maximum Gasteiger partial charge on any atom is 0.326 e. The molecule has 4 aromatic rings. The van der Waals surface area contributed by atoms with Crippen LogP contribution in [0.5, 0.6) is 0 Å². The van der Waals surface area contributed by atoms with Gasteiger partial charge in [-0.2, -0.15) is 4.98 Å². The summed E-state index contributed by atoms with van der Waals surface area (Å²) in [7, 11) is 0.